The van der Waals surface area contributed by atoms with E-state index >= 15 is 0 Å². The first-order chi connectivity index (χ1) is 8.51. The molecule has 1 heterocycles. The van der Waals surface area contributed by atoms with Crippen LogP contribution < -0.4 is 0 Å². The molecule has 2 rings (SSSR count). The number of ketones is 1. The van der Waals surface area contributed by atoms with Gasteiger partial charge in [0, 0.05) is 6.08 Å². The zero-order valence-corrected chi connectivity index (χ0v) is 11.7. The summed E-state index contributed by atoms with van der Waals surface area (Å²) in [5.41, 5.74) is -1.06. The summed E-state index contributed by atoms with van der Waals surface area (Å²) in [4.78, 5) is 27.5. The second-order valence-electron chi connectivity index (χ2n) is 3.67. The molecule has 0 saturated heterocycles. The number of carbonyl (C=O) groups excluding carboxylic acids is 2. The van der Waals surface area contributed by atoms with Crippen LogP contribution in [0.15, 0.2) is 28.4 Å². The van der Waals surface area contributed by atoms with E-state index in [4.69, 9.17) is 21.2 Å². The van der Waals surface area contributed by atoms with Crippen molar-refractivity contribution in [2.75, 3.05) is 6.61 Å². The Kier molecular flexibility index (Phi) is 3.59. The zero-order chi connectivity index (χ0) is 13.3. The Balaban J connectivity index is 2.27. The summed E-state index contributed by atoms with van der Waals surface area (Å²) in [6.45, 7) is 1.93. The van der Waals surface area contributed by atoms with Gasteiger partial charge in [0.05, 0.1) is 11.6 Å². The number of allylic oxidation sites excluding steroid dienone is 2. The van der Waals surface area contributed by atoms with Crippen LogP contribution in [0.4, 0.5) is 0 Å². The minimum absolute atomic E-state index is 0.0856. The van der Waals surface area contributed by atoms with Crippen LogP contribution in [0, 0.1) is 0 Å². The Labute approximate surface area is 117 Å². The van der Waals surface area contributed by atoms with Crippen LogP contribution in [-0.2, 0) is 19.2 Å². The summed E-state index contributed by atoms with van der Waals surface area (Å²) < 4.78 is 4.85. The van der Waals surface area contributed by atoms with Gasteiger partial charge in [-0.1, -0.05) is 32.7 Å². The topological polar surface area (TPSA) is 65.0 Å². The summed E-state index contributed by atoms with van der Waals surface area (Å²) in [6, 6.07) is 0. The van der Waals surface area contributed by atoms with Crippen LogP contribution in [0.5, 0.6) is 0 Å². The quantitative estimate of drug-likeness (QED) is 0.569. The van der Waals surface area contributed by atoms with Crippen molar-refractivity contribution >= 4 is 45.0 Å². The highest BCUT2D eigenvalue weighted by Crippen LogP contribution is 2.41. The monoisotopic (exact) mass is 333 g/mol. The summed E-state index contributed by atoms with van der Waals surface area (Å²) >= 11 is 9.33. The van der Waals surface area contributed by atoms with E-state index in [1.807, 2.05) is 0 Å². The number of alkyl halides is 1. The maximum Gasteiger partial charge on any atom is 0.357 e. The SMILES string of the molecule is CCOC(=O)C1=NOC2(C=CC(=O)C=C2Cl)C1Br. The number of halogens is 2. The van der Waals surface area contributed by atoms with Gasteiger partial charge in [0.15, 0.2) is 11.5 Å². The van der Waals surface area contributed by atoms with Gasteiger partial charge in [-0.2, -0.15) is 0 Å². The summed E-state index contributed by atoms with van der Waals surface area (Å²) in [6.07, 6.45) is 4.04. The average molecular weight is 335 g/mol. The molecular formula is C11H9BrClNO4. The van der Waals surface area contributed by atoms with Crippen molar-refractivity contribution < 1.29 is 19.2 Å². The van der Waals surface area contributed by atoms with Crippen molar-refractivity contribution in [1.29, 1.82) is 0 Å². The maximum absolute atomic E-state index is 11.6. The molecule has 0 fully saturated rings. The zero-order valence-electron chi connectivity index (χ0n) is 9.35. The first-order valence-electron chi connectivity index (χ1n) is 5.19. The number of carbonyl (C=O) groups is 2. The molecule has 2 aliphatic rings. The Morgan fingerprint density at radius 1 is 1.72 bits per heavy atom. The normalized spacial score (nSPS) is 29.9. The van der Waals surface area contributed by atoms with E-state index in [1.165, 1.54) is 18.2 Å². The number of nitrogens with zero attached hydrogens (tertiary/aromatic N) is 1. The number of ether oxygens (including phenoxy) is 1. The Bertz CT molecular complexity index is 499. The van der Waals surface area contributed by atoms with Crippen molar-refractivity contribution in [3.05, 3.63) is 23.3 Å². The van der Waals surface area contributed by atoms with Crippen LogP contribution in [-0.4, -0.2) is 34.5 Å². The molecule has 0 saturated carbocycles. The molecule has 5 nitrogen and oxygen atoms in total. The first-order valence-corrected chi connectivity index (χ1v) is 6.48. The smallest absolute Gasteiger partial charge is 0.357 e. The highest BCUT2D eigenvalue weighted by atomic mass is 79.9. The third kappa shape index (κ3) is 1.99. The number of esters is 1. The Morgan fingerprint density at radius 3 is 3.06 bits per heavy atom. The van der Waals surface area contributed by atoms with Crippen molar-refractivity contribution in [3.63, 3.8) is 0 Å². The van der Waals surface area contributed by atoms with Gasteiger partial charge < -0.3 is 9.57 Å². The summed E-state index contributed by atoms with van der Waals surface area (Å²) in [7, 11) is 0. The molecule has 1 aliphatic carbocycles. The fourth-order valence-corrected chi connectivity index (χ4v) is 2.82. The van der Waals surface area contributed by atoms with E-state index in [9.17, 15) is 9.59 Å². The van der Waals surface area contributed by atoms with Crippen LogP contribution in [0.1, 0.15) is 6.92 Å². The van der Waals surface area contributed by atoms with Crippen molar-refractivity contribution in [3.8, 4) is 0 Å². The molecule has 0 bridgehead atoms. The summed E-state index contributed by atoms with van der Waals surface area (Å²) in [5, 5.41) is 3.86. The highest BCUT2D eigenvalue weighted by molar-refractivity contribution is 9.10. The second kappa shape index (κ2) is 4.85. The van der Waals surface area contributed by atoms with Crippen molar-refractivity contribution in [2.45, 2.75) is 17.4 Å². The molecule has 0 aromatic carbocycles. The third-order valence-electron chi connectivity index (χ3n) is 2.53. The number of hydrogen-bond acceptors (Lipinski definition) is 5. The lowest BCUT2D eigenvalue weighted by molar-refractivity contribution is -0.135. The van der Waals surface area contributed by atoms with E-state index in [0.717, 1.165) is 0 Å². The maximum atomic E-state index is 11.6. The standard InChI is InChI=1S/C11H9BrClNO4/c1-2-17-10(16)8-9(12)11(18-14-8)4-3-6(15)5-7(11)13/h3-5,9H,2H2,1H3. The van der Waals surface area contributed by atoms with Crippen molar-refractivity contribution in [1.82, 2.24) is 0 Å². The summed E-state index contributed by atoms with van der Waals surface area (Å²) in [5.74, 6) is -0.815. The lowest BCUT2D eigenvalue weighted by Gasteiger charge is -2.27. The second-order valence-corrected chi connectivity index (χ2v) is 4.99. The van der Waals surface area contributed by atoms with Gasteiger partial charge >= 0.3 is 5.97 Å². The van der Waals surface area contributed by atoms with Crippen LogP contribution in [0.25, 0.3) is 0 Å². The molecule has 0 N–H and O–H groups in total. The van der Waals surface area contributed by atoms with E-state index in [0.29, 0.717) is 0 Å². The van der Waals surface area contributed by atoms with Gasteiger partial charge in [0.1, 0.15) is 4.83 Å². The molecule has 7 heteroatoms. The first kappa shape index (κ1) is 13.3. The molecule has 0 amide bonds. The van der Waals surface area contributed by atoms with Gasteiger partial charge in [-0.15, -0.1) is 0 Å². The largest absolute Gasteiger partial charge is 0.461 e. The minimum atomic E-state index is -1.14. The Morgan fingerprint density at radius 2 is 2.44 bits per heavy atom. The van der Waals surface area contributed by atoms with Gasteiger partial charge in [-0.05, 0) is 19.1 Å². The Hall–Kier alpha value is -1.14. The molecule has 1 spiro atoms. The highest BCUT2D eigenvalue weighted by Gasteiger charge is 2.52. The van der Waals surface area contributed by atoms with E-state index in [-0.39, 0.29) is 23.1 Å². The molecule has 0 aromatic heterocycles. The van der Waals surface area contributed by atoms with Gasteiger partial charge in [-0.3, -0.25) is 4.79 Å². The lowest BCUT2D eigenvalue weighted by atomic mass is 9.92. The van der Waals surface area contributed by atoms with Gasteiger partial charge in [0.25, 0.3) is 0 Å². The predicted molar refractivity (Wildman–Crippen MR) is 68.7 cm³/mol. The minimum Gasteiger partial charge on any atom is -0.461 e. The van der Waals surface area contributed by atoms with Gasteiger partial charge in [0.2, 0.25) is 5.60 Å². The molecule has 96 valence electrons. The molecule has 18 heavy (non-hydrogen) atoms. The van der Waals surface area contributed by atoms with Crippen LogP contribution in [0.3, 0.4) is 0 Å². The van der Waals surface area contributed by atoms with E-state index in [2.05, 4.69) is 21.1 Å². The molecule has 2 unspecified atom stereocenters. The van der Waals surface area contributed by atoms with Crippen LogP contribution in [0.2, 0.25) is 0 Å². The molecule has 0 aromatic rings. The average Bonchev–Trinajstić information content (AvgIpc) is 2.64. The van der Waals surface area contributed by atoms with Crippen molar-refractivity contribution in [2.24, 2.45) is 5.16 Å². The lowest BCUT2D eigenvalue weighted by Crippen LogP contribution is -2.42. The molecular weight excluding hydrogens is 325 g/mol. The van der Waals surface area contributed by atoms with Gasteiger partial charge in [-0.25, -0.2) is 4.79 Å². The molecule has 1 aliphatic heterocycles. The fourth-order valence-electron chi connectivity index (χ4n) is 1.62. The number of oxime groups is 1. The fraction of sp³-hybridized carbons (Fsp3) is 0.364. The number of hydrogen-bond donors (Lipinski definition) is 0. The van der Waals surface area contributed by atoms with E-state index in [1.54, 1.807) is 6.92 Å². The molecule has 0 radical (unpaired) electrons. The van der Waals surface area contributed by atoms with E-state index < -0.39 is 16.4 Å². The third-order valence-corrected chi connectivity index (χ3v) is 4.05. The number of rotatable bonds is 2. The predicted octanol–water partition coefficient (Wildman–Crippen LogP) is 1.70. The van der Waals surface area contributed by atoms with Crippen LogP contribution >= 0.6 is 27.5 Å². The molecule has 2 atom stereocenters.